The first-order chi connectivity index (χ1) is 8.43. The first kappa shape index (κ1) is 14.3. The predicted molar refractivity (Wildman–Crippen MR) is 78.8 cm³/mol. The molecule has 2 heteroatoms. The summed E-state index contributed by atoms with van der Waals surface area (Å²) in [5.74, 6) is 1.72. The van der Waals surface area contributed by atoms with Gasteiger partial charge in [-0.25, -0.2) is 0 Å². The molecule has 0 spiro atoms. The molecule has 1 aliphatic heterocycles. The van der Waals surface area contributed by atoms with Crippen molar-refractivity contribution in [2.45, 2.75) is 66.0 Å². The molecule has 106 valence electrons. The van der Waals surface area contributed by atoms with E-state index in [1.165, 1.54) is 32.4 Å². The topological polar surface area (TPSA) is 15.3 Å². The molecule has 1 N–H and O–H groups in total. The Hall–Kier alpha value is -0.0800. The van der Waals surface area contributed by atoms with Gasteiger partial charge in [0.15, 0.2) is 0 Å². The minimum absolute atomic E-state index is 0.527. The lowest BCUT2D eigenvalue weighted by atomic mass is 9.75. The van der Waals surface area contributed by atoms with Gasteiger partial charge in [0.1, 0.15) is 0 Å². The van der Waals surface area contributed by atoms with Crippen molar-refractivity contribution in [2.75, 3.05) is 19.6 Å². The number of rotatable bonds is 3. The first-order valence-corrected chi connectivity index (χ1v) is 7.90. The highest BCUT2D eigenvalue weighted by molar-refractivity contribution is 4.97. The molecule has 0 aromatic rings. The van der Waals surface area contributed by atoms with Crippen LogP contribution in [0.4, 0.5) is 0 Å². The van der Waals surface area contributed by atoms with Gasteiger partial charge in [0.05, 0.1) is 0 Å². The zero-order valence-electron chi connectivity index (χ0n) is 13.0. The maximum absolute atomic E-state index is 3.76. The molecule has 0 bridgehead atoms. The third kappa shape index (κ3) is 3.08. The molecule has 0 aromatic heterocycles. The molecule has 2 rings (SSSR count). The van der Waals surface area contributed by atoms with Crippen LogP contribution < -0.4 is 5.32 Å². The summed E-state index contributed by atoms with van der Waals surface area (Å²) in [4.78, 5) is 2.78. The maximum Gasteiger partial charge on any atom is 0.0275 e. The van der Waals surface area contributed by atoms with E-state index in [4.69, 9.17) is 0 Å². The minimum Gasteiger partial charge on any atom is -0.313 e. The molecule has 1 aliphatic carbocycles. The van der Waals surface area contributed by atoms with Crippen LogP contribution >= 0.6 is 0 Å². The first-order valence-electron chi connectivity index (χ1n) is 7.90. The summed E-state index contributed by atoms with van der Waals surface area (Å²) in [6.07, 6.45) is 4.13. The van der Waals surface area contributed by atoms with E-state index >= 15 is 0 Å². The zero-order valence-corrected chi connectivity index (χ0v) is 13.0. The van der Waals surface area contributed by atoms with Crippen LogP contribution in [-0.4, -0.2) is 36.6 Å². The molecule has 0 aromatic carbocycles. The van der Waals surface area contributed by atoms with Crippen LogP contribution in [-0.2, 0) is 0 Å². The SMILES string of the molecule is CCNC1CC(C)CC(C)C1N1CCC(C)(C)C1. The number of nitrogens with zero attached hydrogens (tertiary/aromatic N) is 1. The van der Waals surface area contributed by atoms with Gasteiger partial charge in [-0.1, -0.05) is 34.6 Å². The normalized spacial score (nSPS) is 41.2. The number of likely N-dealkylation sites (N-methyl/N-ethyl adjacent to an activating group) is 1. The maximum atomic E-state index is 3.76. The summed E-state index contributed by atoms with van der Waals surface area (Å²) in [6.45, 7) is 15.7. The van der Waals surface area contributed by atoms with E-state index < -0.39 is 0 Å². The van der Waals surface area contributed by atoms with Crippen LogP contribution in [0.25, 0.3) is 0 Å². The van der Waals surface area contributed by atoms with Crippen molar-refractivity contribution in [3.63, 3.8) is 0 Å². The fourth-order valence-electron chi connectivity index (χ4n) is 4.33. The standard InChI is InChI=1S/C16H32N2/c1-6-17-14-10-12(2)9-13(3)15(14)18-8-7-16(4,5)11-18/h12-15,17H,6-11H2,1-5H3. The lowest BCUT2D eigenvalue weighted by molar-refractivity contribution is 0.0727. The molecular formula is C16H32N2. The third-order valence-corrected chi connectivity index (χ3v) is 5.02. The van der Waals surface area contributed by atoms with Crippen molar-refractivity contribution < 1.29 is 0 Å². The number of hydrogen-bond acceptors (Lipinski definition) is 2. The van der Waals surface area contributed by atoms with Crippen LogP contribution in [0.2, 0.25) is 0 Å². The van der Waals surface area contributed by atoms with E-state index in [2.05, 4.69) is 44.8 Å². The van der Waals surface area contributed by atoms with Gasteiger partial charge in [-0.15, -0.1) is 0 Å². The van der Waals surface area contributed by atoms with Gasteiger partial charge in [-0.3, -0.25) is 4.90 Å². The Bertz CT molecular complexity index is 272. The van der Waals surface area contributed by atoms with Crippen LogP contribution in [0, 0.1) is 17.3 Å². The molecule has 4 unspecified atom stereocenters. The molecule has 2 aliphatic rings. The summed E-state index contributed by atoms with van der Waals surface area (Å²) in [5, 5.41) is 3.76. The van der Waals surface area contributed by atoms with E-state index in [-0.39, 0.29) is 0 Å². The highest BCUT2D eigenvalue weighted by Gasteiger charge is 2.41. The Balaban J connectivity index is 2.07. The Morgan fingerprint density at radius 2 is 1.94 bits per heavy atom. The van der Waals surface area contributed by atoms with Gasteiger partial charge in [0, 0.05) is 18.6 Å². The Morgan fingerprint density at radius 1 is 1.22 bits per heavy atom. The minimum atomic E-state index is 0.527. The van der Waals surface area contributed by atoms with Gasteiger partial charge in [0.25, 0.3) is 0 Å². The molecule has 1 saturated carbocycles. The Labute approximate surface area is 114 Å². The fourth-order valence-corrected chi connectivity index (χ4v) is 4.33. The Morgan fingerprint density at radius 3 is 2.50 bits per heavy atom. The molecule has 2 fully saturated rings. The highest BCUT2D eigenvalue weighted by Crippen LogP contribution is 2.38. The van der Waals surface area contributed by atoms with Gasteiger partial charge in [0.2, 0.25) is 0 Å². The van der Waals surface area contributed by atoms with Gasteiger partial charge in [-0.2, -0.15) is 0 Å². The van der Waals surface area contributed by atoms with Crippen LogP contribution in [0.15, 0.2) is 0 Å². The van der Waals surface area contributed by atoms with Crippen LogP contribution in [0.5, 0.6) is 0 Å². The molecule has 1 saturated heterocycles. The van der Waals surface area contributed by atoms with Crippen molar-refractivity contribution >= 4 is 0 Å². The van der Waals surface area contributed by atoms with E-state index in [1.54, 1.807) is 0 Å². The molecule has 0 radical (unpaired) electrons. The second-order valence-electron chi connectivity index (χ2n) is 7.59. The van der Waals surface area contributed by atoms with E-state index in [0.717, 1.165) is 24.4 Å². The largest absolute Gasteiger partial charge is 0.313 e. The Kier molecular flexibility index (Phi) is 4.38. The van der Waals surface area contributed by atoms with Crippen LogP contribution in [0.3, 0.4) is 0 Å². The van der Waals surface area contributed by atoms with Crippen molar-refractivity contribution in [2.24, 2.45) is 17.3 Å². The molecule has 0 amide bonds. The molecule has 2 nitrogen and oxygen atoms in total. The van der Waals surface area contributed by atoms with Gasteiger partial charge >= 0.3 is 0 Å². The molecule has 1 heterocycles. The summed E-state index contributed by atoms with van der Waals surface area (Å²) in [5.41, 5.74) is 0.527. The average Bonchev–Trinajstić information content (AvgIpc) is 2.58. The van der Waals surface area contributed by atoms with Crippen LogP contribution in [0.1, 0.15) is 53.9 Å². The molecular weight excluding hydrogens is 220 g/mol. The van der Waals surface area contributed by atoms with Crippen molar-refractivity contribution in [1.82, 2.24) is 10.2 Å². The molecule has 4 atom stereocenters. The van der Waals surface area contributed by atoms with E-state index in [9.17, 15) is 0 Å². The highest BCUT2D eigenvalue weighted by atomic mass is 15.2. The van der Waals surface area contributed by atoms with Crippen molar-refractivity contribution in [3.8, 4) is 0 Å². The van der Waals surface area contributed by atoms with Crippen molar-refractivity contribution in [1.29, 1.82) is 0 Å². The third-order valence-electron chi connectivity index (χ3n) is 5.02. The number of hydrogen-bond donors (Lipinski definition) is 1. The predicted octanol–water partition coefficient (Wildman–Crippen LogP) is 3.13. The smallest absolute Gasteiger partial charge is 0.0275 e. The zero-order chi connectivity index (χ0) is 13.3. The number of likely N-dealkylation sites (tertiary alicyclic amines) is 1. The summed E-state index contributed by atoms with van der Waals surface area (Å²) < 4.78 is 0. The summed E-state index contributed by atoms with van der Waals surface area (Å²) in [7, 11) is 0. The van der Waals surface area contributed by atoms with E-state index in [1.807, 2.05) is 0 Å². The lowest BCUT2D eigenvalue weighted by Crippen LogP contribution is -2.56. The fraction of sp³-hybridized carbons (Fsp3) is 1.00. The van der Waals surface area contributed by atoms with Crippen molar-refractivity contribution in [3.05, 3.63) is 0 Å². The average molecular weight is 252 g/mol. The second kappa shape index (κ2) is 5.50. The van der Waals surface area contributed by atoms with Gasteiger partial charge in [-0.05, 0) is 49.6 Å². The molecule has 18 heavy (non-hydrogen) atoms. The van der Waals surface area contributed by atoms with E-state index in [0.29, 0.717) is 11.5 Å². The van der Waals surface area contributed by atoms with Gasteiger partial charge < -0.3 is 5.32 Å². The lowest BCUT2D eigenvalue weighted by Gasteiger charge is -2.45. The summed E-state index contributed by atoms with van der Waals surface area (Å²) >= 11 is 0. The summed E-state index contributed by atoms with van der Waals surface area (Å²) in [6, 6.07) is 1.48. The second-order valence-corrected chi connectivity index (χ2v) is 7.59. The quantitative estimate of drug-likeness (QED) is 0.830. The number of nitrogens with one attached hydrogen (secondary N) is 1. The monoisotopic (exact) mass is 252 g/mol.